The largest absolute Gasteiger partial charge is 0.481 e. The fourth-order valence-corrected chi connectivity index (χ4v) is 1.56. The van der Waals surface area contributed by atoms with Gasteiger partial charge in [-0.1, -0.05) is 6.07 Å². The minimum absolute atomic E-state index is 0.223. The van der Waals surface area contributed by atoms with Crippen molar-refractivity contribution in [3.8, 4) is 5.88 Å². The number of ether oxygens (including phenoxy) is 1. The fourth-order valence-electron chi connectivity index (χ4n) is 1.56. The van der Waals surface area contributed by atoms with Gasteiger partial charge in [0.25, 0.3) is 5.91 Å². The minimum atomic E-state index is -0.223. The first-order chi connectivity index (χ1) is 9.10. The predicted octanol–water partition coefficient (Wildman–Crippen LogP) is 2.23. The Labute approximate surface area is 111 Å². The number of nitrogens with two attached hydrogens (primary N) is 1. The number of anilines is 2. The molecule has 1 aromatic carbocycles. The molecule has 1 amide bonds. The quantitative estimate of drug-likeness (QED) is 0.827. The van der Waals surface area contributed by atoms with Crippen molar-refractivity contribution in [2.75, 3.05) is 18.2 Å². The zero-order valence-electron chi connectivity index (χ0n) is 10.8. The number of hydrogen-bond acceptors (Lipinski definition) is 4. The van der Waals surface area contributed by atoms with Gasteiger partial charge in [-0.15, -0.1) is 0 Å². The van der Waals surface area contributed by atoms with E-state index in [1.807, 2.05) is 13.0 Å². The second kappa shape index (κ2) is 5.39. The van der Waals surface area contributed by atoms with Crippen LogP contribution in [0.25, 0.3) is 0 Å². The van der Waals surface area contributed by atoms with E-state index in [2.05, 4.69) is 10.3 Å². The second-order valence-electron chi connectivity index (χ2n) is 4.11. The van der Waals surface area contributed by atoms with Crippen molar-refractivity contribution >= 4 is 17.3 Å². The molecule has 0 aliphatic carbocycles. The standard InChI is InChI=1S/C14H15N3O2/c1-9-3-4-10(7-12(9)15)14(18)17-11-5-6-13(19-2)16-8-11/h3-8H,15H2,1-2H3,(H,17,18). The van der Waals surface area contributed by atoms with Crippen LogP contribution in [0.1, 0.15) is 15.9 Å². The monoisotopic (exact) mass is 257 g/mol. The summed E-state index contributed by atoms with van der Waals surface area (Å²) in [5, 5.41) is 2.74. The summed E-state index contributed by atoms with van der Waals surface area (Å²) in [6, 6.07) is 8.61. The number of amides is 1. The van der Waals surface area contributed by atoms with Gasteiger partial charge in [-0.05, 0) is 30.7 Å². The molecule has 0 radical (unpaired) electrons. The predicted molar refractivity (Wildman–Crippen MR) is 74.3 cm³/mol. The van der Waals surface area contributed by atoms with Gasteiger partial charge >= 0.3 is 0 Å². The van der Waals surface area contributed by atoms with E-state index in [4.69, 9.17) is 10.5 Å². The number of carbonyl (C=O) groups excluding carboxylic acids is 1. The van der Waals surface area contributed by atoms with Crippen molar-refractivity contribution in [1.82, 2.24) is 4.98 Å². The van der Waals surface area contributed by atoms with Crippen LogP contribution in [0, 0.1) is 6.92 Å². The van der Waals surface area contributed by atoms with Crippen molar-refractivity contribution in [2.24, 2.45) is 0 Å². The summed E-state index contributed by atoms with van der Waals surface area (Å²) >= 11 is 0. The van der Waals surface area contributed by atoms with Gasteiger partial charge in [0.05, 0.1) is 19.0 Å². The summed E-state index contributed by atoms with van der Waals surface area (Å²) in [5.74, 6) is 0.274. The van der Waals surface area contributed by atoms with Crippen molar-refractivity contribution in [3.05, 3.63) is 47.7 Å². The van der Waals surface area contributed by atoms with E-state index in [1.165, 1.54) is 13.3 Å². The van der Waals surface area contributed by atoms with Gasteiger partial charge in [0.1, 0.15) is 0 Å². The highest BCUT2D eigenvalue weighted by molar-refractivity contribution is 6.04. The molecule has 0 saturated heterocycles. The van der Waals surface area contributed by atoms with Gasteiger partial charge in [-0.2, -0.15) is 0 Å². The number of carbonyl (C=O) groups is 1. The fraction of sp³-hybridized carbons (Fsp3) is 0.143. The molecule has 5 nitrogen and oxygen atoms in total. The SMILES string of the molecule is COc1ccc(NC(=O)c2ccc(C)c(N)c2)cn1. The van der Waals surface area contributed by atoms with Gasteiger partial charge in [0.15, 0.2) is 0 Å². The highest BCUT2D eigenvalue weighted by Crippen LogP contribution is 2.16. The number of nitrogen functional groups attached to an aromatic ring is 1. The Bertz CT molecular complexity index is 594. The Balaban J connectivity index is 2.13. The first-order valence-electron chi connectivity index (χ1n) is 5.77. The van der Waals surface area contributed by atoms with Crippen LogP contribution in [0.3, 0.4) is 0 Å². The lowest BCUT2D eigenvalue weighted by atomic mass is 10.1. The summed E-state index contributed by atoms with van der Waals surface area (Å²) in [7, 11) is 1.54. The van der Waals surface area contributed by atoms with Crippen molar-refractivity contribution < 1.29 is 9.53 Å². The lowest BCUT2D eigenvalue weighted by molar-refractivity contribution is 0.102. The summed E-state index contributed by atoms with van der Waals surface area (Å²) in [4.78, 5) is 16.0. The van der Waals surface area contributed by atoms with E-state index in [1.54, 1.807) is 24.3 Å². The Morgan fingerprint density at radius 1 is 1.32 bits per heavy atom. The Hall–Kier alpha value is -2.56. The van der Waals surface area contributed by atoms with Crippen molar-refractivity contribution in [1.29, 1.82) is 0 Å². The zero-order valence-corrected chi connectivity index (χ0v) is 10.8. The van der Waals surface area contributed by atoms with Crippen LogP contribution < -0.4 is 15.8 Å². The molecule has 2 aromatic rings. The zero-order chi connectivity index (χ0) is 13.8. The molecule has 1 heterocycles. The van der Waals surface area contributed by atoms with E-state index in [0.717, 1.165) is 5.56 Å². The molecular formula is C14H15N3O2. The maximum Gasteiger partial charge on any atom is 0.255 e. The second-order valence-corrected chi connectivity index (χ2v) is 4.11. The third kappa shape index (κ3) is 3.01. The third-order valence-corrected chi connectivity index (χ3v) is 2.74. The van der Waals surface area contributed by atoms with Gasteiger partial charge in [-0.25, -0.2) is 4.98 Å². The number of nitrogens with zero attached hydrogens (tertiary/aromatic N) is 1. The molecule has 98 valence electrons. The van der Waals surface area contributed by atoms with Crippen LogP contribution in [0.5, 0.6) is 5.88 Å². The molecule has 5 heteroatoms. The Morgan fingerprint density at radius 2 is 2.11 bits per heavy atom. The number of pyridine rings is 1. The maximum atomic E-state index is 12.0. The van der Waals surface area contributed by atoms with E-state index >= 15 is 0 Å². The van der Waals surface area contributed by atoms with E-state index < -0.39 is 0 Å². The number of methoxy groups -OCH3 is 1. The molecule has 0 saturated carbocycles. The van der Waals surface area contributed by atoms with Gasteiger partial charge in [0.2, 0.25) is 5.88 Å². The molecule has 0 bridgehead atoms. The van der Waals surface area contributed by atoms with Crippen LogP contribution in [0.2, 0.25) is 0 Å². The van der Waals surface area contributed by atoms with E-state index in [0.29, 0.717) is 22.8 Å². The molecule has 0 atom stereocenters. The van der Waals surface area contributed by atoms with Crippen LogP contribution in [-0.4, -0.2) is 18.0 Å². The average Bonchev–Trinajstić information content (AvgIpc) is 2.42. The highest BCUT2D eigenvalue weighted by Gasteiger charge is 2.07. The third-order valence-electron chi connectivity index (χ3n) is 2.74. The van der Waals surface area contributed by atoms with E-state index in [-0.39, 0.29) is 5.91 Å². The Morgan fingerprint density at radius 3 is 2.68 bits per heavy atom. The van der Waals surface area contributed by atoms with Crippen molar-refractivity contribution in [3.63, 3.8) is 0 Å². The van der Waals surface area contributed by atoms with Gasteiger partial charge in [0, 0.05) is 17.3 Å². The molecule has 3 N–H and O–H groups in total. The number of aryl methyl sites for hydroxylation is 1. The number of aromatic nitrogens is 1. The molecule has 2 rings (SSSR count). The van der Waals surface area contributed by atoms with Gasteiger partial charge < -0.3 is 15.8 Å². The van der Waals surface area contributed by atoms with E-state index in [9.17, 15) is 4.79 Å². The summed E-state index contributed by atoms with van der Waals surface area (Å²) < 4.78 is 4.95. The Kier molecular flexibility index (Phi) is 3.66. The summed E-state index contributed by atoms with van der Waals surface area (Å²) in [6.07, 6.45) is 1.54. The summed E-state index contributed by atoms with van der Waals surface area (Å²) in [6.45, 7) is 1.89. The molecule has 0 unspecified atom stereocenters. The summed E-state index contributed by atoms with van der Waals surface area (Å²) in [5.41, 5.74) is 8.44. The van der Waals surface area contributed by atoms with Gasteiger partial charge in [-0.3, -0.25) is 4.79 Å². The molecule has 0 aliphatic heterocycles. The molecule has 19 heavy (non-hydrogen) atoms. The lowest BCUT2D eigenvalue weighted by Crippen LogP contribution is -2.12. The highest BCUT2D eigenvalue weighted by atomic mass is 16.5. The smallest absolute Gasteiger partial charge is 0.255 e. The topological polar surface area (TPSA) is 77.2 Å². The normalized spacial score (nSPS) is 10.0. The number of benzene rings is 1. The maximum absolute atomic E-state index is 12.0. The molecule has 0 spiro atoms. The number of hydrogen-bond donors (Lipinski definition) is 2. The molecule has 0 fully saturated rings. The molecular weight excluding hydrogens is 242 g/mol. The van der Waals surface area contributed by atoms with Crippen LogP contribution in [0.15, 0.2) is 36.5 Å². The number of nitrogens with one attached hydrogen (secondary N) is 1. The minimum Gasteiger partial charge on any atom is -0.481 e. The molecule has 0 aliphatic rings. The van der Waals surface area contributed by atoms with Crippen molar-refractivity contribution in [2.45, 2.75) is 6.92 Å². The number of rotatable bonds is 3. The average molecular weight is 257 g/mol. The first-order valence-corrected chi connectivity index (χ1v) is 5.77. The van der Waals surface area contributed by atoms with Crippen LogP contribution >= 0.6 is 0 Å². The first kappa shape index (κ1) is 12.9. The van der Waals surface area contributed by atoms with Crippen LogP contribution in [-0.2, 0) is 0 Å². The van der Waals surface area contributed by atoms with Crippen LogP contribution in [0.4, 0.5) is 11.4 Å². The molecule has 1 aromatic heterocycles. The lowest BCUT2D eigenvalue weighted by Gasteiger charge is -2.07.